The molecule has 50 heavy (non-hydrogen) atoms. The molecule has 0 aliphatic heterocycles. The van der Waals surface area contributed by atoms with Crippen molar-refractivity contribution in [2.75, 3.05) is 0 Å². The number of rotatable bonds is 6. The first kappa shape index (κ1) is 30.2. The van der Waals surface area contributed by atoms with Gasteiger partial charge in [0, 0.05) is 22.1 Å². The molecule has 0 unspecified atom stereocenters. The van der Waals surface area contributed by atoms with E-state index in [1.54, 1.807) is 0 Å². The maximum absolute atomic E-state index is 2.49. The summed E-state index contributed by atoms with van der Waals surface area (Å²) in [5, 5.41) is 2.48. The van der Waals surface area contributed by atoms with Crippen LogP contribution in [-0.4, -0.2) is 9.13 Å². The molecular weight excluding hydrogens is 605 g/mol. The summed E-state index contributed by atoms with van der Waals surface area (Å²) < 4.78 is 4.93. The highest BCUT2D eigenvalue weighted by molar-refractivity contribution is 6.02. The Bertz CT molecular complexity index is 2490. The average molecular weight is 645 g/mol. The molecule has 0 atom stereocenters. The quantitative estimate of drug-likeness (QED) is 0.170. The lowest BCUT2D eigenvalue weighted by atomic mass is 9.88. The predicted octanol–water partition coefficient (Wildman–Crippen LogP) is 12.9. The summed E-state index contributed by atoms with van der Waals surface area (Å²) in [5.74, 6) is 0. The Hall–Kier alpha value is -5.86. The van der Waals surface area contributed by atoms with Gasteiger partial charge in [0.1, 0.15) is 0 Å². The van der Waals surface area contributed by atoms with Crippen molar-refractivity contribution in [3.05, 3.63) is 186 Å². The minimum atomic E-state index is 1.04. The maximum atomic E-state index is 2.49. The van der Waals surface area contributed by atoms with Gasteiger partial charge in [-0.2, -0.15) is 0 Å². The first-order chi connectivity index (χ1) is 24.6. The van der Waals surface area contributed by atoms with Gasteiger partial charge in [0.25, 0.3) is 0 Å². The van der Waals surface area contributed by atoms with Gasteiger partial charge in [0.2, 0.25) is 0 Å². The molecule has 2 nitrogen and oxygen atoms in total. The third-order valence-corrected chi connectivity index (χ3v) is 10.5. The molecule has 2 heterocycles. The Morgan fingerprint density at radius 3 is 1.54 bits per heavy atom. The van der Waals surface area contributed by atoms with Gasteiger partial charge in [-0.1, -0.05) is 120 Å². The Labute approximate surface area is 294 Å². The summed E-state index contributed by atoms with van der Waals surface area (Å²) in [5.41, 5.74) is 17.9. The normalized spacial score (nSPS) is 14.6. The van der Waals surface area contributed by atoms with E-state index in [2.05, 4.69) is 181 Å². The van der Waals surface area contributed by atoms with Crippen molar-refractivity contribution in [3.63, 3.8) is 0 Å². The van der Waals surface area contributed by atoms with E-state index in [1.807, 2.05) is 0 Å². The number of hydrogen-bond acceptors (Lipinski definition) is 0. The van der Waals surface area contributed by atoms with Crippen LogP contribution in [0, 0.1) is 13.8 Å². The van der Waals surface area contributed by atoms with Crippen LogP contribution in [0.1, 0.15) is 42.5 Å². The van der Waals surface area contributed by atoms with Crippen molar-refractivity contribution in [1.82, 2.24) is 9.13 Å². The summed E-state index contributed by atoms with van der Waals surface area (Å²) in [6, 6.07) is 47.2. The third kappa shape index (κ3) is 5.47. The fraction of sp³-hybridized carbons (Fsp3) is 0.125. The van der Waals surface area contributed by atoms with Crippen molar-refractivity contribution in [1.29, 1.82) is 0 Å². The molecule has 2 aliphatic rings. The van der Waals surface area contributed by atoms with E-state index in [0.717, 1.165) is 25.7 Å². The van der Waals surface area contributed by atoms with Gasteiger partial charge >= 0.3 is 0 Å². The second kappa shape index (κ2) is 12.5. The Morgan fingerprint density at radius 1 is 0.440 bits per heavy atom. The summed E-state index contributed by atoms with van der Waals surface area (Å²) in [7, 11) is 0. The van der Waals surface area contributed by atoms with Crippen LogP contribution in [-0.2, 0) is 0 Å². The minimum Gasteiger partial charge on any atom is -0.310 e. The summed E-state index contributed by atoms with van der Waals surface area (Å²) in [6.07, 6.45) is 15.9. The van der Waals surface area contributed by atoms with Gasteiger partial charge in [0.05, 0.1) is 22.4 Å². The first-order valence-corrected chi connectivity index (χ1v) is 17.9. The molecule has 0 fully saturated rings. The largest absolute Gasteiger partial charge is 0.310 e. The maximum Gasteiger partial charge on any atom is 0.0542 e. The van der Waals surface area contributed by atoms with Crippen molar-refractivity contribution >= 4 is 27.4 Å². The molecule has 7 aromatic rings. The second-order valence-corrected chi connectivity index (χ2v) is 13.9. The van der Waals surface area contributed by atoms with E-state index >= 15 is 0 Å². The molecular formula is C48H40N2. The van der Waals surface area contributed by atoms with Gasteiger partial charge < -0.3 is 9.13 Å². The van der Waals surface area contributed by atoms with Gasteiger partial charge in [-0.05, 0) is 121 Å². The number of benzene rings is 5. The second-order valence-electron chi connectivity index (χ2n) is 13.9. The molecule has 0 spiro atoms. The van der Waals surface area contributed by atoms with Gasteiger partial charge in [-0.3, -0.25) is 0 Å². The van der Waals surface area contributed by atoms with Crippen LogP contribution in [0.4, 0.5) is 0 Å². The van der Waals surface area contributed by atoms with Gasteiger partial charge in [-0.25, -0.2) is 0 Å². The fourth-order valence-electron chi connectivity index (χ4n) is 7.76. The van der Waals surface area contributed by atoms with Crippen LogP contribution < -0.4 is 0 Å². The lowest BCUT2D eigenvalue weighted by Gasteiger charge is -2.20. The van der Waals surface area contributed by atoms with E-state index in [4.69, 9.17) is 0 Å². The van der Waals surface area contributed by atoms with Crippen LogP contribution in [0.2, 0.25) is 0 Å². The Balaban J connectivity index is 1.23. The molecule has 2 heteroatoms. The smallest absolute Gasteiger partial charge is 0.0542 e. The van der Waals surface area contributed by atoms with E-state index in [9.17, 15) is 0 Å². The topological polar surface area (TPSA) is 9.86 Å². The predicted molar refractivity (Wildman–Crippen MR) is 212 cm³/mol. The number of nitrogens with zero attached hydrogens (tertiary/aromatic N) is 2. The molecule has 0 N–H and O–H groups in total. The van der Waals surface area contributed by atoms with Gasteiger partial charge in [0.15, 0.2) is 0 Å². The fourth-order valence-corrected chi connectivity index (χ4v) is 7.76. The number of aryl methyl sites for hydroxylation is 2. The van der Waals surface area contributed by atoms with Crippen LogP contribution in [0.15, 0.2) is 169 Å². The van der Waals surface area contributed by atoms with Crippen molar-refractivity contribution < 1.29 is 0 Å². The molecule has 0 radical (unpaired) electrons. The van der Waals surface area contributed by atoms with E-state index in [1.165, 1.54) is 89.1 Å². The van der Waals surface area contributed by atoms with Crippen molar-refractivity contribution in [2.24, 2.45) is 0 Å². The number of hydrogen-bond donors (Lipinski definition) is 0. The summed E-state index contributed by atoms with van der Waals surface area (Å²) >= 11 is 0. The molecule has 2 aliphatic carbocycles. The van der Waals surface area contributed by atoms with E-state index < -0.39 is 0 Å². The SMILES string of the molecule is Cc1ccc(-n2c(C3=CC=C(C4=CC=CCC4)CC3)cc3cc4c(cc(-c5ccc(-c6ccccc6)cc5)n4-c4ccc(C)cc4)cc32)cc1. The Morgan fingerprint density at radius 2 is 0.960 bits per heavy atom. The first-order valence-electron chi connectivity index (χ1n) is 17.9. The lowest BCUT2D eigenvalue weighted by Crippen LogP contribution is -2.03. The van der Waals surface area contributed by atoms with E-state index in [0.29, 0.717) is 0 Å². The molecule has 0 amide bonds. The molecule has 242 valence electrons. The van der Waals surface area contributed by atoms with Gasteiger partial charge in [-0.15, -0.1) is 0 Å². The highest BCUT2D eigenvalue weighted by Crippen LogP contribution is 2.40. The molecule has 2 aromatic heterocycles. The van der Waals surface area contributed by atoms with Crippen LogP contribution >= 0.6 is 0 Å². The lowest BCUT2D eigenvalue weighted by molar-refractivity contribution is 0.899. The Kier molecular flexibility index (Phi) is 7.58. The number of fused-ring (bicyclic) bond motifs is 2. The minimum absolute atomic E-state index is 1.04. The molecule has 0 bridgehead atoms. The summed E-state index contributed by atoms with van der Waals surface area (Å²) in [4.78, 5) is 0. The zero-order chi connectivity index (χ0) is 33.6. The van der Waals surface area contributed by atoms with Crippen molar-refractivity contribution in [2.45, 2.75) is 39.5 Å². The van der Waals surface area contributed by atoms with Crippen LogP contribution in [0.3, 0.4) is 0 Å². The number of allylic oxidation sites excluding steroid dienone is 8. The van der Waals surface area contributed by atoms with Crippen molar-refractivity contribution in [3.8, 4) is 33.8 Å². The highest BCUT2D eigenvalue weighted by atomic mass is 15.0. The molecule has 9 rings (SSSR count). The molecule has 5 aromatic carbocycles. The molecule has 0 saturated heterocycles. The van der Waals surface area contributed by atoms with E-state index in [-0.39, 0.29) is 0 Å². The zero-order valence-corrected chi connectivity index (χ0v) is 28.7. The average Bonchev–Trinajstić information content (AvgIpc) is 3.73. The van der Waals surface area contributed by atoms with Crippen LogP contribution in [0.5, 0.6) is 0 Å². The zero-order valence-electron chi connectivity index (χ0n) is 28.7. The standard InChI is InChI=1S/C48H40N2/c1-33-13-25-43(26-14-33)49-45(39-21-17-37(18-22-39)35-9-5-3-6-10-35)29-41-32-48-42(31-47(41)49)30-46(50(48)44-27-15-34(2)16-28-44)40-23-19-38(20-24-40)36-11-7-4-8-12-36/h3-7,9-11,13-19,21-23,25-32H,8,12,20,24H2,1-2H3. The molecule has 0 saturated carbocycles. The monoisotopic (exact) mass is 644 g/mol. The highest BCUT2D eigenvalue weighted by Gasteiger charge is 2.21. The third-order valence-electron chi connectivity index (χ3n) is 10.5. The summed E-state index contributed by atoms with van der Waals surface area (Å²) in [6.45, 7) is 4.32. The van der Waals surface area contributed by atoms with Crippen LogP contribution in [0.25, 0.3) is 61.1 Å². The number of aromatic nitrogens is 2.